The van der Waals surface area contributed by atoms with Crippen molar-refractivity contribution in [1.82, 2.24) is 20.8 Å². The molecule has 0 aliphatic carbocycles. The van der Waals surface area contributed by atoms with E-state index in [-0.39, 0.29) is 30.5 Å². The van der Waals surface area contributed by atoms with Crippen LogP contribution in [0.25, 0.3) is 11.4 Å². The SMILES string of the molecule is CCOc1ccc(-c2noc(CCC(=O)NCCNC(=O)Cc3ccc(F)cc3)n2)cc1. The first-order chi connectivity index (χ1) is 15.5. The van der Waals surface area contributed by atoms with E-state index in [4.69, 9.17) is 9.26 Å². The zero-order valence-corrected chi connectivity index (χ0v) is 17.8. The maximum absolute atomic E-state index is 12.9. The summed E-state index contributed by atoms with van der Waals surface area (Å²) in [5.41, 5.74) is 1.52. The fraction of sp³-hybridized carbons (Fsp3) is 0.304. The first-order valence-corrected chi connectivity index (χ1v) is 10.4. The van der Waals surface area contributed by atoms with Crippen LogP contribution in [-0.4, -0.2) is 41.7 Å². The number of benzene rings is 2. The molecule has 2 aromatic carbocycles. The van der Waals surface area contributed by atoms with E-state index in [2.05, 4.69) is 20.8 Å². The van der Waals surface area contributed by atoms with Gasteiger partial charge in [-0.3, -0.25) is 9.59 Å². The van der Waals surface area contributed by atoms with Crippen molar-refractivity contribution in [3.05, 3.63) is 65.8 Å². The molecule has 0 bridgehead atoms. The molecule has 3 rings (SSSR count). The van der Waals surface area contributed by atoms with Gasteiger partial charge < -0.3 is 19.9 Å². The summed E-state index contributed by atoms with van der Waals surface area (Å²) in [6.07, 6.45) is 0.656. The summed E-state index contributed by atoms with van der Waals surface area (Å²) in [5, 5.41) is 9.39. The number of aryl methyl sites for hydroxylation is 1. The summed E-state index contributed by atoms with van der Waals surface area (Å²) >= 11 is 0. The van der Waals surface area contributed by atoms with E-state index in [9.17, 15) is 14.0 Å². The van der Waals surface area contributed by atoms with Crippen molar-refractivity contribution in [3.8, 4) is 17.1 Å². The van der Waals surface area contributed by atoms with E-state index in [1.807, 2.05) is 31.2 Å². The molecule has 0 spiro atoms. The van der Waals surface area contributed by atoms with Crippen LogP contribution < -0.4 is 15.4 Å². The van der Waals surface area contributed by atoms with Gasteiger partial charge in [0.15, 0.2) is 0 Å². The van der Waals surface area contributed by atoms with Crippen LogP contribution in [0, 0.1) is 5.82 Å². The predicted octanol–water partition coefficient (Wildman–Crippen LogP) is 2.68. The standard InChI is InChI=1S/C23H25FN4O4/c1-2-31-19-9-5-17(6-10-19)23-27-22(32-28-23)12-11-20(29)25-13-14-26-21(30)15-16-3-7-18(24)8-4-16/h3-10H,2,11-15H2,1H3,(H,25,29)(H,26,30). The Morgan fingerprint density at radius 2 is 1.69 bits per heavy atom. The van der Waals surface area contributed by atoms with Crippen molar-refractivity contribution < 1.29 is 23.2 Å². The summed E-state index contributed by atoms with van der Waals surface area (Å²) in [7, 11) is 0. The fourth-order valence-electron chi connectivity index (χ4n) is 2.90. The predicted molar refractivity (Wildman–Crippen MR) is 115 cm³/mol. The van der Waals surface area contributed by atoms with E-state index in [0.717, 1.165) is 16.9 Å². The molecule has 3 aromatic rings. The average Bonchev–Trinajstić information content (AvgIpc) is 3.27. The molecule has 0 atom stereocenters. The second-order valence-electron chi connectivity index (χ2n) is 6.97. The molecule has 8 nitrogen and oxygen atoms in total. The topological polar surface area (TPSA) is 106 Å². The fourth-order valence-corrected chi connectivity index (χ4v) is 2.90. The molecule has 0 saturated carbocycles. The maximum Gasteiger partial charge on any atom is 0.227 e. The molecular formula is C23H25FN4O4. The third-order valence-corrected chi connectivity index (χ3v) is 4.50. The van der Waals surface area contributed by atoms with Crippen LogP contribution >= 0.6 is 0 Å². The van der Waals surface area contributed by atoms with Crippen molar-refractivity contribution in [3.63, 3.8) is 0 Å². The molecule has 9 heteroatoms. The Labute approximate surface area is 185 Å². The highest BCUT2D eigenvalue weighted by Gasteiger charge is 2.11. The molecule has 0 aliphatic rings. The first-order valence-electron chi connectivity index (χ1n) is 10.4. The largest absolute Gasteiger partial charge is 0.494 e. The molecule has 1 aromatic heterocycles. The van der Waals surface area contributed by atoms with Crippen molar-refractivity contribution >= 4 is 11.8 Å². The van der Waals surface area contributed by atoms with Crippen LogP contribution in [0.1, 0.15) is 24.8 Å². The van der Waals surface area contributed by atoms with Gasteiger partial charge in [-0.1, -0.05) is 17.3 Å². The number of carbonyl (C=O) groups excluding carboxylic acids is 2. The van der Waals surface area contributed by atoms with Crippen molar-refractivity contribution in [1.29, 1.82) is 0 Å². The maximum atomic E-state index is 12.9. The van der Waals surface area contributed by atoms with Gasteiger partial charge >= 0.3 is 0 Å². The molecule has 0 unspecified atom stereocenters. The second kappa shape index (κ2) is 11.6. The number of nitrogens with zero attached hydrogens (tertiary/aromatic N) is 2. The minimum absolute atomic E-state index is 0.155. The summed E-state index contributed by atoms with van der Waals surface area (Å²) in [5.74, 6) is 0.870. The molecule has 0 fully saturated rings. The normalized spacial score (nSPS) is 10.6. The Hall–Kier alpha value is -3.75. The van der Waals surface area contributed by atoms with Crippen LogP contribution in [0.2, 0.25) is 0 Å². The van der Waals surface area contributed by atoms with Crippen LogP contribution in [0.5, 0.6) is 5.75 Å². The molecule has 0 radical (unpaired) electrons. The minimum Gasteiger partial charge on any atom is -0.494 e. The lowest BCUT2D eigenvalue weighted by atomic mass is 10.1. The van der Waals surface area contributed by atoms with Gasteiger partial charge in [0.25, 0.3) is 0 Å². The number of halogens is 1. The number of rotatable bonds is 11. The van der Waals surface area contributed by atoms with E-state index in [1.54, 1.807) is 12.1 Å². The lowest BCUT2D eigenvalue weighted by Gasteiger charge is -2.07. The third-order valence-electron chi connectivity index (χ3n) is 4.50. The van der Waals surface area contributed by atoms with Crippen molar-refractivity contribution in [2.24, 2.45) is 0 Å². The molecule has 168 valence electrons. The number of hydrogen-bond acceptors (Lipinski definition) is 6. The van der Waals surface area contributed by atoms with Crippen LogP contribution in [-0.2, 0) is 22.4 Å². The van der Waals surface area contributed by atoms with Gasteiger partial charge in [0.2, 0.25) is 23.5 Å². The Morgan fingerprint density at radius 3 is 2.38 bits per heavy atom. The van der Waals surface area contributed by atoms with Crippen LogP contribution in [0.15, 0.2) is 53.1 Å². The molecule has 32 heavy (non-hydrogen) atoms. The lowest BCUT2D eigenvalue weighted by Crippen LogP contribution is -2.35. The van der Waals surface area contributed by atoms with Gasteiger partial charge in [-0.25, -0.2) is 4.39 Å². The monoisotopic (exact) mass is 440 g/mol. The van der Waals surface area contributed by atoms with Gasteiger partial charge in [-0.05, 0) is 48.9 Å². The average molecular weight is 440 g/mol. The number of amides is 2. The van der Waals surface area contributed by atoms with Crippen molar-refractivity contribution in [2.75, 3.05) is 19.7 Å². The van der Waals surface area contributed by atoms with Gasteiger partial charge in [0.1, 0.15) is 11.6 Å². The van der Waals surface area contributed by atoms with Crippen molar-refractivity contribution in [2.45, 2.75) is 26.2 Å². The molecule has 2 N–H and O–H groups in total. The molecule has 0 aliphatic heterocycles. The Kier molecular flexibility index (Phi) is 8.30. The van der Waals surface area contributed by atoms with Gasteiger partial charge in [-0.2, -0.15) is 4.98 Å². The number of nitrogens with one attached hydrogen (secondary N) is 2. The zero-order valence-electron chi connectivity index (χ0n) is 17.8. The molecule has 2 amide bonds. The number of carbonyl (C=O) groups is 2. The van der Waals surface area contributed by atoms with E-state index in [0.29, 0.717) is 37.8 Å². The Morgan fingerprint density at radius 1 is 1.00 bits per heavy atom. The number of ether oxygens (including phenoxy) is 1. The highest BCUT2D eigenvalue weighted by molar-refractivity contribution is 5.79. The summed E-state index contributed by atoms with van der Waals surface area (Å²) < 4.78 is 23.5. The minimum atomic E-state index is -0.343. The second-order valence-corrected chi connectivity index (χ2v) is 6.97. The Bertz CT molecular complexity index is 1020. The van der Waals surface area contributed by atoms with E-state index < -0.39 is 0 Å². The summed E-state index contributed by atoms with van der Waals surface area (Å²) in [6.45, 7) is 3.11. The van der Waals surface area contributed by atoms with Crippen LogP contribution in [0.3, 0.4) is 0 Å². The smallest absolute Gasteiger partial charge is 0.227 e. The molecule has 1 heterocycles. The number of hydrogen-bond donors (Lipinski definition) is 2. The third kappa shape index (κ3) is 7.19. The summed E-state index contributed by atoms with van der Waals surface area (Å²) in [4.78, 5) is 28.2. The van der Waals surface area contributed by atoms with Gasteiger partial charge in [0, 0.05) is 31.5 Å². The highest BCUT2D eigenvalue weighted by Crippen LogP contribution is 2.20. The lowest BCUT2D eigenvalue weighted by molar-refractivity contribution is -0.122. The summed E-state index contributed by atoms with van der Waals surface area (Å²) in [6, 6.07) is 13.1. The zero-order chi connectivity index (χ0) is 22.8. The van der Waals surface area contributed by atoms with Crippen LogP contribution in [0.4, 0.5) is 4.39 Å². The van der Waals surface area contributed by atoms with Gasteiger partial charge in [0.05, 0.1) is 13.0 Å². The van der Waals surface area contributed by atoms with E-state index >= 15 is 0 Å². The van der Waals surface area contributed by atoms with E-state index in [1.165, 1.54) is 12.1 Å². The Balaban J connectivity index is 1.33. The van der Waals surface area contributed by atoms with Gasteiger partial charge in [-0.15, -0.1) is 0 Å². The molecule has 0 saturated heterocycles. The first kappa shape index (κ1) is 22.9. The molecular weight excluding hydrogens is 415 g/mol. The highest BCUT2D eigenvalue weighted by atomic mass is 19.1. The quantitative estimate of drug-likeness (QED) is 0.444. The number of aromatic nitrogens is 2.